The third-order valence-corrected chi connectivity index (χ3v) is 10.3. The number of aromatic nitrogens is 4. The van der Waals surface area contributed by atoms with Gasteiger partial charge in [0.05, 0.1) is 11.2 Å². The lowest BCUT2D eigenvalue weighted by molar-refractivity contribution is 1.10. The molecule has 0 fully saturated rings. The Kier molecular flexibility index (Phi) is 5.63. The summed E-state index contributed by atoms with van der Waals surface area (Å²) < 4.78 is 0. The normalized spacial score (nSPS) is 12.0. The van der Waals surface area contributed by atoms with Crippen LogP contribution in [-0.2, 0) is 0 Å². The largest absolute Gasteiger partial charge is 0.233 e. The highest BCUT2D eigenvalue weighted by Crippen LogP contribution is 2.44. The van der Waals surface area contributed by atoms with Crippen molar-refractivity contribution in [3.05, 3.63) is 158 Å². The van der Waals surface area contributed by atoms with Crippen molar-refractivity contribution in [2.45, 2.75) is 0 Å². The molecule has 0 aliphatic carbocycles. The van der Waals surface area contributed by atoms with Crippen LogP contribution in [0.3, 0.4) is 0 Å². The van der Waals surface area contributed by atoms with E-state index in [1.54, 1.807) is 0 Å². The third-order valence-electron chi connectivity index (χ3n) is 10.3. The topological polar surface area (TPSA) is 51.6 Å². The summed E-state index contributed by atoms with van der Waals surface area (Å²) in [6.07, 6.45) is 3.81. The maximum absolute atomic E-state index is 4.99. The van der Waals surface area contributed by atoms with E-state index in [2.05, 4.69) is 109 Å². The molecule has 2 aromatic heterocycles. The quantitative estimate of drug-likeness (QED) is 0.181. The average Bonchev–Trinajstić information content (AvgIpc) is 3.19. The van der Waals surface area contributed by atoms with Gasteiger partial charge in [0.15, 0.2) is 11.6 Å². The van der Waals surface area contributed by atoms with Gasteiger partial charge in [0.2, 0.25) is 0 Å². The third kappa shape index (κ3) is 3.93. The van der Waals surface area contributed by atoms with Crippen LogP contribution >= 0.6 is 0 Å². The van der Waals surface area contributed by atoms with Crippen molar-refractivity contribution < 1.29 is 0 Å². The molecule has 0 amide bonds. The van der Waals surface area contributed by atoms with E-state index in [-0.39, 0.29) is 0 Å². The van der Waals surface area contributed by atoms with Gasteiger partial charge in [-0.25, -0.2) is 19.9 Å². The van der Waals surface area contributed by atoms with Gasteiger partial charge < -0.3 is 0 Å². The highest BCUT2D eigenvalue weighted by Gasteiger charge is 2.17. The van der Waals surface area contributed by atoms with Crippen molar-refractivity contribution in [3.8, 4) is 34.0 Å². The fourth-order valence-electron chi connectivity index (χ4n) is 8.04. The van der Waals surface area contributed by atoms with Gasteiger partial charge in [-0.05, 0) is 88.4 Å². The molecule has 0 spiro atoms. The van der Waals surface area contributed by atoms with Gasteiger partial charge in [0, 0.05) is 28.9 Å². The fraction of sp³-hybridized carbons (Fsp3) is 0. The molecule has 4 nitrogen and oxygen atoms in total. The molecule has 0 aliphatic rings. The van der Waals surface area contributed by atoms with Gasteiger partial charge in [-0.3, -0.25) is 0 Å². The van der Waals surface area contributed by atoms with Crippen molar-refractivity contribution in [3.63, 3.8) is 0 Å². The smallest absolute Gasteiger partial charge is 0.198 e. The van der Waals surface area contributed by atoms with Gasteiger partial charge >= 0.3 is 0 Å². The first-order chi connectivity index (χ1) is 24.8. The second kappa shape index (κ2) is 10.4. The lowest BCUT2D eigenvalue weighted by Crippen LogP contribution is -1.99. The summed E-state index contributed by atoms with van der Waals surface area (Å²) in [5.41, 5.74) is 4.78. The second-order valence-electron chi connectivity index (χ2n) is 13.0. The standard InChI is InChI=1S/C46H26N4/c1-2-9-30(10-3-1)44-37-14-4-5-18-39(37)49-46(50-44)45-47-25-33(26-48-45)32-23-31-22-21-29-12-7-16-35-34-15-6-11-27-19-20-28-13-8-17-36(42(28)40(27)34)38(24-32)43(31)41(29)35/h1-26H. The van der Waals surface area contributed by atoms with Crippen molar-refractivity contribution in [2.24, 2.45) is 0 Å². The van der Waals surface area contributed by atoms with Crippen LogP contribution in [0.2, 0.25) is 0 Å². The van der Waals surface area contributed by atoms with Gasteiger partial charge in [-0.2, -0.15) is 0 Å². The number of hydrogen-bond donors (Lipinski definition) is 0. The van der Waals surface area contributed by atoms with Crippen LogP contribution < -0.4 is 0 Å². The lowest BCUT2D eigenvalue weighted by atomic mass is 9.87. The Morgan fingerprint density at radius 3 is 1.52 bits per heavy atom. The van der Waals surface area contributed by atoms with Crippen molar-refractivity contribution >= 4 is 75.5 Å². The van der Waals surface area contributed by atoms with Crippen LogP contribution in [0.15, 0.2) is 158 Å². The van der Waals surface area contributed by atoms with E-state index in [1.807, 2.05) is 48.8 Å². The summed E-state index contributed by atoms with van der Waals surface area (Å²) in [5.74, 6) is 1.00. The van der Waals surface area contributed by atoms with Crippen LogP contribution in [0, 0.1) is 0 Å². The summed E-state index contributed by atoms with van der Waals surface area (Å²) in [5, 5.41) is 16.1. The molecule has 0 aliphatic heterocycles. The molecule has 0 saturated heterocycles. The lowest BCUT2D eigenvalue weighted by Gasteiger charge is -2.17. The molecule has 11 aromatic rings. The Bertz CT molecular complexity index is 3130. The van der Waals surface area contributed by atoms with Crippen molar-refractivity contribution in [2.75, 3.05) is 0 Å². The maximum Gasteiger partial charge on any atom is 0.198 e. The number of hydrogen-bond acceptors (Lipinski definition) is 4. The molecule has 230 valence electrons. The zero-order valence-corrected chi connectivity index (χ0v) is 26.8. The minimum atomic E-state index is 0.496. The molecule has 0 radical (unpaired) electrons. The van der Waals surface area contributed by atoms with E-state index in [4.69, 9.17) is 19.9 Å². The molecule has 50 heavy (non-hydrogen) atoms. The summed E-state index contributed by atoms with van der Waals surface area (Å²) in [7, 11) is 0. The number of benzene rings is 8. The second-order valence-corrected chi connectivity index (χ2v) is 13.0. The molecule has 2 heterocycles. The van der Waals surface area contributed by atoms with E-state index < -0.39 is 0 Å². The minimum absolute atomic E-state index is 0.496. The molecule has 0 N–H and O–H groups in total. The molecule has 0 atom stereocenters. The summed E-state index contributed by atoms with van der Waals surface area (Å²) in [4.78, 5) is 19.6. The maximum atomic E-state index is 4.99. The Morgan fingerprint density at radius 2 is 0.860 bits per heavy atom. The minimum Gasteiger partial charge on any atom is -0.233 e. The predicted molar refractivity (Wildman–Crippen MR) is 208 cm³/mol. The Morgan fingerprint density at radius 1 is 0.320 bits per heavy atom. The highest BCUT2D eigenvalue weighted by atomic mass is 15.0. The van der Waals surface area contributed by atoms with Gasteiger partial charge in [-0.15, -0.1) is 0 Å². The number of fused-ring (bicyclic) bond motifs is 3. The highest BCUT2D eigenvalue weighted by molar-refractivity contribution is 6.37. The molecule has 0 saturated carbocycles. The van der Waals surface area contributed by atoms with Gasteiger partial charge in [0.1, 0.15) is 0 Å². The Balaban J connectivity index is 1.16. The zero-order valence-electron chi connectivity index (χ0n) is 26.8. The summed E-state index contributed by atoms with van der Waals surface area (Å²) >= 11 is 0. The molecule has 9 aromatic carbocycles. The van der Waals surface area contributed by atoms with E-state index >= 15 is 0 Å². The van der Waals surface area contributed by atoms with E-state index in [1.165, 1.54) is 64.6 Å². The van der Waals surface area contributed by atoms with Crippen LogP contribution in [0.4, 0.5) is 0 Å². The molecular formula is C46H26N4. The van der Waals surface area contributed by atoms with Gasteiger partial charge in [0.25, 0.3) is 0 Å². The molecule has 0 unspecified atom stereocenters. The van der Waals surface area contributed by atoms with Crippen LogP contribution in [0.5, 0.6) is 0 Å². The number of rotatable bonds is 3. The first kappa shape index (κ1) is 27.2. The molecule has 11 rings (SSSR count). The fourth-order valence-corrected chi connectivity index (χ4v) is 8.04. The van der Waals surface area contributed by atoms with Crippen LogP contribution in [-0.4, -0.2) is 19.9 Å². The predicted octanol–water partition coefficient (Wildman–Crippen LogP) is 11.8. The van der Waals surface area contributed by atoms with E-state index in [0.717, 1.165) is 33.3 Å². The van der Waals surface area contributed by atoms with Crippen molar-refractivity contribution in [1.29, 1.82) is 0 Å². The Labute approximate surface area is 286 Å². The molecular weight excluding hydrogens is 609 g/mol. The Hall–Kier alpha value is -6.78. The first-order valence-electron chi connectivity index (χ1n) is 16.9. The van der Waals surface area contributed by atoms with Crippen LogP contribution in [0.25, 0.3) is 110 Å². The first-order valence-corrected chi connectivity index (χ1v) is 16.9. The monoisotopic (exact) mass is 634 g/mol. The van der Waals surface area contributed by atoms with Crippen molar-refractivity contribution in [1.82, 2.24) is 19.9 Å². The number of para-hydroxylation sites is 1. The average molecular weight is 635 g/mol. The van der Waals surface area contributed by atoms with E-state index in [9.17, 15) is 0 Å². The SMILES string of the molecule is c1ccc(-c2nc(-c3ncc(-c4cc5ccc6cccc7c8cccc9ccc%10cccc(c(c4)c5c67)c%10c98)cn3)nc3ccccc23)cc1. The van der Waals surface area contributed by atoms with Gasteiger partial charge in [-0.1, -0.05) is 127 Å². The summed E-state index contributed by atoms with van der Waals surface area (Å²) in [6, 6.07) is 52.1. The zero-order chi connectivity index (χ0) is 32.8. The van der Waals surface area contributed by atoms with E-state index in [0.29, 0.717) is 11.6 Å². The molecule has 0 bridgehead atoms. The summed E-state index contributed by atoms with van der Waals surface area (Å²) in [6.45, 7) is 0. The number of nitrogens with zero attached hydrogens (tertiary/aromatic N) is 4. The van der Waals surface area contributed by atoms with Crippen LogP contribution in [0.1, 0.15) is 0 Å². The molecule has 4 heteroatoms.